The van der Waals surface area contributed by atoms with Crippen LogP contribution in [0.15, 0.2) is 78.9 Å². The molecular formula is C34H40N4O5. The zero-order chi connectivity index (χ0) is 30.1. The van der Waals surface area contributed by atoms with Crippen LogP contribution < -0.4 is 14.7 Å². The standard InChI is InChI=1S/C34H40N4O5/c1-3-35(4-2)24-15-17-26(18-16-24)37-22-11-19-34-29(32(41)38(20-8-9-23-39)30(34)33(37)42)28-27(43-34)14-10-21-36(31(28)40)25-12-6-5-7-13-25/h5-7,10-19,27-30,39H,3-4,8-9,20-23H2,1-2H3/t27-,28+,29+,30?,34+/m1/s1. The van der Waals surface area contributed by atoms with Crippen molar-refractivity contribution in [2.24, 2.45) is 11.8 Å². The average Bonchev–Trinajstić information content (AvgIpc) is 3.33. The summed E-state index contributed by atoms with van der Waals surface area (Å²) in [4.78, 5) is 50.4. The highest BCUT2D eigenvalue weighted by molar-refractivity contribution is 6.07. The van der Waals surface area contributed by atoms with Crippen molar-refractivity contribution in [3.63, 3.8) is 0 Å². The van der Waals surface area contributed by atoms with Gasteiger partial charge in [0, 0.05) is 56.4 Å². The first-order chi connectivity index (χ1) is 20.9. The van der Waals surface area contributed by atoms with Gasteiger partial charge in [-0.1, -0.05) is 42.5 Å². The van der Waals surface area contributed by atoms with Gasteiger partial charge in [0.25, 0.3) is 5.91 Å². The zero-order valence-electron chi connectivity index (χ0n) is 24.8. The molecular weight excluding hydrogens is 544 g/mol. The van der Waals surface area contributed by atoms with E-state index >= 15 is 0 Å². The van der Waals surface area contributed by atoms with Gasteiger partial charge in [-0.25, -0.2) is 0 Å². The maximum Gasteiger partial charge on any atom is 0.253 e. The number of likely N-dealkylation sites (tertiary alicyclic amines) is 1. The van der Waals surface area contributed by atoms with E-state index in [4.69, 9.17) is 4.74 Å². The Morgan fingerprint density at radius 2 is 1.53 bits per heavy atom. The van der Waals surface area contributed by atoms with Crippen molar-refractivity contribution in [1.29, 1.82) is 0 Å². The van der Waals surface area contributed by atoms with Crippen LogP contribution in [0.25, 0.3) is 0 Å². The van der Waals surface area contributed by atoms with Gasteiger partial charge >= 0.3 is 0 Å². The fourth-order valence-corrected chi connectivity index (χ4v) is 7.27. The number of fused-ring (bicyclic) bond motifs is 2. The summed E-state index contributed by atoms with van der Waals surface area (Å²) < 4.78 is 6.75. The Bertz CT molecular complexity index is 1410. The van der Waals surface area contributed by atoms with Gasteiger partial charge in [-0.2, -0.15) is 0 Å². The van der Waals surface area contributed by atoms with Crippen molar-refractivity contribution in [3.8, 4) is 0 Å². The third kappa shape index (κ3) is 4.84. The summed E-state index contributed by atoms with van der Waals surface area (Å²) in [5.74, 6) is -2.27. The molecule has 9 heteroatoms. The van der Waals surface area contributed by atoms with E-state index in [0.717, 1.165) is 30.2 Å². The van der Waals surface area contributed by atoms with Crippen LogP contribution in [0.5, 0.6) is 0 Å². The number of rotatable bonds is 9. The Balaban J connectivity index is 1.38. The molecule has 9 nitrogen and oxygen atoms in total. The summed E-state index contributed by atoms with van der Waals surface area (Å²) in [7, 11) is 0. The van der Waals surface area contributed by atoms with E-state index in [1.54, 1.807) is 14.7 Å². The quantitative estimate of drug-likeness (QED) is 0.359. The van der Waals surface area contributed by atoms with Crippen molar-refractivity contribution in [3.05, 3.63) is 78.9 Å². The molecule has 2 fully saturated rings. The van der Waals surface area contributed by atoms with Crippen LogP contribution in [0.3, 0.4) is 0 Å². The van der Waals surface area contributed by atoms with Crippen molar-refractivity contribution in [2.45, 2.75) is 44.4 Å². The number of aliphatic hydroxyl groups excluding tert-OH is 1. The van der Waals surface area contributed by atoms with Crippen LogP contribution in [0.4, 0.5) is 17.1 Å². The number of benzene rings is 2. The zero-order valence-corrected chi connectivity index (χ0v) is 24.8. The fourth-order valence-electron chi connectivity index (χ4n) is 7.27. The van der Waals surface area contributed by atoms with E-state index in [2.05, 4.69) is 18.7 Å². The third-order valence-corrected chi connectivity index (χ3v) is 9.32. The van der Waals surface area contributed by atoms with Gasteiger partial charge in [-0.3, -0.25) is 14.4 Å². The monoisotopic (exact) mass is 584 g/mol. The summed E-state index contributed by atoms with van der Waals surface area (Å²) in [6.07, 6.45) is 7.98. The predicted octanol–water partition coefficient (Wildman–Crippen LogP) is 3.39. The molecule has 226 valence electrons. The molecule has 4 heterocycles. The van der Waals surface area contributed by atoms with Crippen LogP contribution in [0.2, 0.25) is 0 Å². The number of anilines is 3. The largest absolute Gasteiger partial charge is 0.396 e. The number of aliphatic hydroxyl groups is 1. The smallest absolute Gasteiger partial charge is 0.253 e. The number of hydrogen-bond donors (Lipinski definition) is 1. The Hall–Kier alpha value is -3.95. The molecule has 6 rings (SSSR count). The van der Waals surface area contributed by atoms with Gasteiger partial charge < -0.3 is 29.4 Å². The lowest BCUT2D eigenvalue weighted by molar-refractivity contribution is -0.140. The summed E-state index contributed by atoms with van der Waals surface area (Å²) in [6.45, 7) is 6.98. The van der Waals surface area contributed by atoms with Gasteiger partial charge in [0.05, 0.1) is 17.9 Å². The number of nitrogens with zero attached hydrogens (tertiary/aromatic N) is 4. The minimum Gasteiger partial charge on any atom is -0.396 e. The molecule has 2 aromatic carbocycles. The van der Waals surface area contributed by atoms with Crippen molar-refractivity contribution >= 4 is 34.8 Å². The minimum atomic E-state index is -1.28. The van der Waals surface area contributed by atoms with Crippen LogP contribution >= 0.6 is 0 Å². The topological polar surface area (TPSA) is 93.6 Å². The lowest BCUT2D eigenvalue weighted by Crippen LogP contribution is -2.55. The predicted molar refractivity (Wildman–Crippen MR) is 166 cm³/mol. The molecule has 1 spiro atoms. The molecule has 0 aliphatic carbocycles. The van der Waals surface area contributed by atoms with Crippen LogP contribution in [0, 0.1) is 11.8 Å². The molecule has 3 amide bonds. The molecule has 0 bridgehead atoms. The SMILES string of the molecule is CCN(CC)c1ccc(N2CC=C[C@]34O[C@@H]5C=CCN(c6ccccc6)C(=O)[C@@H]5[C@H]3C(=O)N(CCCCO)C4C2=O)cc1. The summed E-state index contributed by atoms with van der Waals surface area (Å²) in [6, 6.07) is 16.5. The maximum atomic E-state index is 14.6. The van der Waals surface area contributed by atoms with E-state index in [0.29, 0.717) is 32.5 Å². The first-order valence-electron chi connectivity index (χ1n) is 15.4. The van der Waals surface area contributed by atoms with Gasteiger partial charge in [-0.05, 0) is 63.1 Å². The minimum absolute atomic E-state index is 0.00333. The Morgan fingerprint density at radius 3 is 2.23 bits per heavy atom. The highest BCUT2D eigenvalue weighted by atomic mass is 16.5. The van der Waals surface area contributed by atoms with Gasteiger partial charge in [0.2, 0.25) is 11.8 Å². The summed E-state index contributed by atoms with van der Waals surface area (Å²) >= 11 is 0. The highest BCUT2D eigenvalue weighted by Gasteiger charge is 2.71. The van der Waals surface area contributed by atoms with Crippen molar-refractivity contribution in [1.82, 2.24) is 4.90 Å². The normalized spacial score (nSPS) is 28.1. The Kier molecular flexibility index (Phi) is 8.11. The number of carbonyl (C=O) groups is 3. The number of unbranched alkanes of at least 4 members (excludes halogenated alkanes) is 1. The lowest BCUT2D eigenvalue weighted by atomic mass is 9.77. The maximum absolute atomic E-state index is 14.6. The molecule has 5 atom stereocenters. The Morgan fingerprint density at radius 1 is 0.860 bits per heavy atom. The number of hydrogen-bond acceptors (Lipinski definition) is 6. The molecule has 4 aliphatic heterocycles. The van der Waals surface area contributed by atoms with E-state index in [1.807, 2.05) is 78.9 Å². The van der Waals surface area contributed by atoms with Crippen LogP contribution in [-0.4, -0.2) is 84.8 Å². The lowest BCUT2D eigenvalue weighted by Gasteiger charge is -2.35. The summed E-state index contributed by atoms with van der Waals surface area (Å²) in [5.41, 5.74) is 1.30. The fraction of sp³-hybridized carbons (Fsp3) is 0.441. The average molecular weight is 585 g/mol. The third-order valence-electron chi connectivity index (χ3n) is 9.32. The van der Waals surface area contributed by atoms with Crippen LogP contribution in [-0.2, 0) is 19.1 Å². The van der Waals surface area contributed by atoms with Crippen LogP contribution in [0.1, 0.15) is 26.7 Å². The number of amides is 3. The van der Waals surface area contributed by atoms with Gasteiger partial charge in [0.1, 0.15) is 11.6 Å². The number of ether oxygens (including phenoxy) is 1. The second-order valence-corrected chi connectivity index (χ2v) is 11.6. The molecule has 2 saturated heterocycles. The first-order valence-corrected chi connectivity index (χ1v) is 15.4. The molecule has 0 aromatic heterocycles. The van der Waals surface area contributed by atoms with Gasteiger partial charge in [-0.15, -0.1) is 0 Å². The number of para-hydroxylation sites is 1. The molecule has 1 unspecified atom stereocenters. The van der Waals surface area contributed by atoms with Crippen molar-refractivity contribution < 1.29 is 24.2 Å². The van der Waals surface area contributed by atoms with E-state index < -0.39 is 29.6 Å². The number of carbonyl (C=O) groups excluding carboxylic acids is 3. The van der Waals surface area contributed by atoms with E-state index in [9.17, 15) is 19.5 Å². The van der Waals surface area contributed by atoms with E-state index in [1.165, 1.54) is 0 Å². The molecule has 43 heavy (non-hydrogen) atoms. The molecule has 1 N–H and O–H groups in total. The second kappa shape index (κ2) is 12.0. The molecule has 0 radical (unpaired) electrons. The Labute approximate surface area is 253 Å². The second-order valence-electron chi connectivity index (χ2n) is 11.6. The molecule has 2 aromatic rings. The molecule has 4 aliphatic rings. The van der Waals surface area contributed by atoms with Crippen molar-refractivity contribution in [2.75, 3.05) is 54.0 Å². The van der Waals surface area contributed by atoms with Gasteiger partial charge in [0.15, 0.2) is 0 Å². The highest BCUT2D eigenvalue weighted by Crippen LogP contribution is 2.54. The van der Waals surface area contributed by atoms with E-state index in [-0.39, 0.29) is 24.3 Å². The molecule has 0 saturated carbocycles. The summed E-state index contributed by atoms with van der Waals surface area (Å²) in [5, 5.41) is 9.47. The first kappa shape index (κ1) is 29.1.